The van der Waals surface area contributed by atoms with E-state index >= 15 is 0 Å². The van der Waals surface area contributed by atoms with Crippen molar-refractivity contribution in [2.75, 3.05) is 0 Å². The van der Waals surface area contributed by atoms with Crippen LogP contribution in [0.1, 0.15) is 54.7 Å². The average molecular weight is 642 g/mol. The number of benzene rings is 2. The minimum atomic E-state index is -4.34. The van der Waals surface area contributed by atoms with Crippen LogP contribution in [-0.4, -0.2) is 28.1 Å². The predicted octanol–water partition coefficient (Wildman–Crippen LogP) is 5.63. The van der Waals surface area contributed by atoms with Gasteiger partial charge in [-0.3, -0.25) is 14.3 Å². The zero-order chi connectivity index (χ0) is 27.0. The van der Waals surface area contributed by atoms with Gasteiger partial charge in [-0.05, 0) is 107 Å². The molecule has 0 saturated carbocycles. The van der Waals surface area contributed by atoms with Gasteiger partial charge in [-0.2, -0.15) is 4.98 Å². The molecule has 0 fully saturated rings. The highest BCUT2D eigenvalue weighted by Gasteiger charge is 2.34. The fourth-order valence-electron chi connectivity index (χ4n) is 5.17. The van der Waals surface area contributed by atoms with Gasteiger partial charge < -0.3 is 5.11 Å². The van der Waals surface area contributed by atoms with E-state index in [1.165, 1.54) is 16.7 Å². The average Bonchev–Trinajstić information content (AvgIpc) is 3.30. The summed E-state index contributed by atoms with van der Waals surface area (Å²) in [6.07, 6.45) is 6.99. The molecule has 5 rings (SSSR count). The highest BCUT2D eigenvalue weighted by molar-refractivity contribution is 14.1. The monoisotopic (exact) mass is 641 g/mol. The summed E-state index contributed by atoms with van der Waals surface area (Å²) in [7, 11) is -4.34. The van der Waals surface area contributed by atoms with Crippen molar-refractivity contribution >= 4 is 32.4 Å². The zero-order valence-corrected chi connectivity index (χ0v) is 24.2. The predicted molar refractivity (Wildman–Crippen MR) is 154 cm³/mol. The van der Waals surface area contributed by atoms with E-state index in [0.717, 1.165) is 50.6 Å². The van der Waals surface area contributed by atoms with Gasteiger partial charge in [-0.25, -0.2) is 8.42 Å². The molecule has 9 heteroatoms. The van der Waals surface area contributed by atoms with Crippen LogP contribution in [0, 0.1) is 10.5 Å². The minimum Gasteiger partial charge on any atom is -0.492 e. The van der Waals surface area contributed by atoms with Crippen LogP contribution in [0.25, 0.3) is 11.1 Å². The van der Waals surface area contributed by atoms with Crippen molar-refractivity contribution in [2.45, 2.75) is 61.8 Å². The molecule has 7 nitrogen and oxygen atoms in total. The third kappa shape index (κ3) is 4.77. The van der Waals surface area contributed by atoms with Crippen LogP contribution in [-0.2, 0) is 22.7 Å². The Morgan fingerprint density at radius 3 is 2.61 bits per heavy atom. The highest BCUT2D eigenvalue weighted by Crippen LogP contribution is 2.37. The summed E-state index contributed by atoms with van der Waals surface area (Å²) >= 11 is 2.24. The summed E-state index contributed by atoms with van der Waals surface area (Å²) in [6.45, 7) is 3.97. The number of aryl methyl sites for hydroxylation is 3. The van der Waals surface area contributed by atoms with Crippen molar-refractivity contribution in [2.24, 2.45) is 0 Å². The molecule has 2 aromatic heterocycles. The molecule has 0 spiro atoms. The van der Waals surface area contributed by atoms with Gasteiger partial charge >= 0.3 is 0 Å². The summed E-state index contributed by atoms with van der Waals surface area (Å²) in [5, 5.41) is 10.8. The number of unbranched alkanes of at least 4 members (excludes halogenated alkanes) is 1. The number of rotatable bonds is 7. The Labute approximate surface area is 235 Å². The summed E-state index contributed by atoms with van der Waals surface area (Å²) < 4.78 is 30.1. The Kier molecular flexibility index (Phi) is 7.41. The molecule has 1 aliphatic rings. The lowest BCUT2D eigenvalue weighted by Crippen LogP contribution is -2.33. The third-order valence-electron chi connectivity index (χ3n) is 7.11. The molecule has 2 heterocycles. The number of halogens is 1. The standard InChI is InChI=1S/C29H28IN3O4S/c1-3-4-5-26-32-28(34)27(29(35)33(26)25-13-9-20-6-10-21(30)16-24(20)25)38(36,37)22-11-7-19(8-12-22)23-14-15-31-17-18(23)2/h6-8,10-12,14-17,25,34H,3-5,9,13H2,1-2H3/t25-/m1/s1. The molecule has 0 amide bonds. The Bertz CT molecular complexity index is 1680. The van der Waals surface area contributed by atoms with Crippen LogP contribution >= 0.6 is 22.6 Å². The van der Waals surface area contributed by atoms with Crippen LogP contribution in [0.15, 0.2) is 75.5 Å². The number of pyridine rings is 1. The number of sulfone groups is 1. The smallest absolute Gasteiger partial charge is 0.277 e. The number of nitrogens with zero attached hydrogens (tertiary/aromatic N) is 3. The van der Waals surface area contributed by atoms with E-state index in [0.29, 0.717) is 18.7 Å². The Balaban J connectivity index is 1.64. The number of aromatic hydroxyl groups is 1. The maximum absolute atomic E-state index is 14.0. The summed E-state index contributed by atoms with van der Waals surface area (Å²) in [5.41, 5.74) is 4.14. The molecule has 0 saturated heterocycles. The lowest BCUT2D eigenvalue weighted by atomic mass is 10.0. The summed E-state index contributed by atoms with van der Waals surface area (Å²) in [4.78, 5) is 21.6. The fourth-order valence-corrected chi connectivity index (χ4v) is 7.02. The fraction of sp³-hybridized carbons (Fsp3) is 0.276. The molecule has 0 radical (unpaired) electrons. The van der Waals surface area contributed by atoms with Crippen LogP contribution in [0.4, 0.5) is 0 Å². The molecule has 4 aromatic rings. The Morgan fingerprint density at radius 2 is 1.89 bits per heavy atom. The molecular weight excluding hydrogens is 613 g/mol. The molecule has 1 aliphatic carbocycles. The largest absolute Gasteiger partial charge is 0.492 e. The molecule has 0 aliphatic heterocycles. The second-order valence-corrected chi connectivity index (χ2v) is 12.7. The van der Waals surface area contributed by atoms with Gasteiger partial charge in [-0.15, -0.1) is 0 Å². The first-order valence-corrected chi connectivity index (χ1v) is 15.2. The van der Waals surface area contributed by atoms with Crippen LogP contribution in [0.2, 0.25) is 0 Å². The quantitative estimate of drug-likeness (QED) is 0.263. The van der Waals surface area contributed by atoms with E-state index < -0.39 is 26.2 Å². The first kappa shape index (κ1) is 26.6. The lowest BCUT2D eigenvalue weighted by molar-refractivity contribution is 0.408. The second kappa shape index (κ2) is 10.6. The normalized spacial score (nSPS) is 15.0. The van der Waals surface area contributed by atoms with Crippen molar-refractivity contribution in [1.29, 1.82) is 0 Å². The Hall–Kier alpha value is -3.05. The van der Waals surface area contributed by atoms with Crippen LogP contribution in [0.5, 0.6) is 5.88 Å². The van der Waals surface area contributed by atoms with E-state index in [9.17, 15) is 18.3 Å². The van der Waals surface area contributed by atoms with Gasteiger partial charge in [0.05, 0.1) is 10.9 Å². The topological polar surface area (TPSA) is 102 Å². The number of aromatic nitrogens is 3. The maximum Gasteiger partial charge on any atom is 0.277 e. The molecule has 2 aromatic carbocycles. The first-order valence-electron chi connectivity index (χ1n) is 12.6. The van der Waals surface area contributed by atoms with Crippen molar-refractivity contribution in [1.82, 2.24) is 14.5 Å². The van der Waals surface area contributed by atoms with Gasteiger partial charge in [0.25, 0.3) is 5.56 Å². The third-order valence-corrected chi connectivity index (χ3v) is 9.57. The summed E-state index contributed by atoms with van der Waals surface area (Å²) in [6, 6.07) is 14.0. The minimum absolute atomic E-state index is 0.0728. The van der Waals surface area contributed by atoms with Crippen LogP contribution < -0.4 is 5.56 Å². The number of fused-ring (bicyclic) bond motifs is 1. The van der Waals surface area contributed by atoms with Gasteiger partial charge in [0.2, 0.25) is 15.7 Å². The molecule has 1 atom stereocenters. The van der Waals surface area contributed by atoms with Crippen molar-refractivity contribution in [3.05, 3.63) is 97.4 Å². The number of hydrogen-bond acceptors (Lipinski definition) is 6. The van der Waals surface area contributed by atoms with Gasteiger partial charge in [0.1, 0.15) is 5.82 Å². The van der Waals surface area contributed by atoms with Crippen molar-refractivity contribution < 1.29 is 13.5 Å². The number of hydrogen-bond donors (Lipinski definition) is 1. The van der Waals surface area contributed by atoms with Crippen LogP contribution in [0.3, 0.4) is 0 Å². The molecule has 0 bridgehead atoms. The molecule has 196 valence electrons. The highest BCUT2D eigenvalue weighted by atomic mass is 127. The van der Waals surface area contributed by atoms with Gasteiger partial charge in [0, 0.05) is 22.4 Å². The second-order valence-electron chi connectivity index (χ2n) is 9.58. The Morgan fingerprint density at radius 1 is 1.13 bits per heavy atom. The van der Waals surface area contributed by atoms with E-state index in [1.807, 2.05) is 32.0 Å². The molecule has 1 N–H and O–H groups in total. The van der Waals surface area contributed by atoms with E-state index in [4.69, 9.17) is 0 Å². The lowest BCUT2D eigenvalue weighted by Gasteiger charge is -2.21. The SMILES string of the molecule is CCCCc1nc(O)c(S(=O)(=O)c2ccc(-c3ccncc3C)cc2)c(=O)n1[C@@H]1CCc2ccc(I)cc21. The molecular formula is C29H28IN3O4S. The van der Waals surface area contributed by atoms with Crippen molar-refractivity contribution in [3.8, 4) is 17.0 Å². The van der Waals surface area contributed by atoms with E-state index in [1.54, 1.807) is 24.5 Å². The maximum atomic E-state index is 14.0. The molecule has 38 heavy (non-hydrogen) atoms. The summed E-state index contributed by atoms with van der Waals surface area (Å²) in [5.74, 6) is -0.333. The first-order chi connectivity index (χ1) is 18.2. The van der Waals surface area contributed by atoms with Gasteiger partial charge in [-0.1, -0.05) is 31.5 Å². The van der Waals surface area contributed by atoms with Gasteiger partial charge in [0.15, 0.2) is 4.90 Å². The van der Waals surface area contributed by atoms with E-state index in [2.05, 4.69) is 38.6 Å². The van der Waals surface area contributed by atoms with Crippen molar-refractivity contribution in [3.63, 3.8) is 0 Å². The molecule has 0 unspecified atom stereocenters. The zero-order valence-electron chi connectivity index (χ0n) is 21.2. The van der Waals surface area contributed by atoms with E-state index in [-0.39, 0.29) is 10.9 Å².